The van der Waals surface area contributed by atoms with E-state index in [9.17, 15) is 4.79 Å². The molecule has 0 heterocycles. The van der Waals surface area contributed by atoms with Crippen molar-refractivity contribution in [1.82, 2.24) is 4.90 Å². The monoisotopic (exact) mass is 298 g/mol. The van der Waals surface area contributed by atoms with E-state index in [1.54, 1.807) is 0 Å². The van der Waals surface area contributed by atoms with Gasteiger partial charge in [-0.05, 0) is 38.5 Å². The molecule has 0 unspecified atom stereocenters. The van der Waals surface area contributed by atoms with E-state index in [0.29, 0.717) is 23.9 Å². The number of nitrogens with two attached hydrogens (primary N) is 1. The molecule has 1 aliphatic rings. The highest BCUT2D eigenvalue weighted by atomic mass is 32.1. The Morgan fingerprint density at radius 2 is 1.90 bits per heavy atom. The molecule has 1 aliphatic carbocycles. The second kappa shape index (κ2) is 9.32. The van der Waals surface area contributed by atoms with Gasteiger partial charge in [0.1, 0.15) is 0 Å². The Kier molecular flexibility index (Phi) is 8.12. The Morgan fingerprint density at radius 1 is 1.25 bits per heavy atom. The SMILES string of the molecule is CCCCC1CCC(C(=O)N(CC)CCC(N)=S)CC1. The average molecular weight is 298 g/mol. The average Bonchev–Trinajstić information content (AvgIpc) is 2.45. The third-order valence-electron chi connectivity index (χ3n) is 4.48. The summed E-state index contributed by atoms with van der Waals surface area (Å²) in [6, 6.07) is 0. The lowest BCUT2D eigenvalue weighted by Gasteiger charge is -2.31. The predicted octanol–water partition coefficient (Wildman–Crippen LogP) is 3.51. The molecule has 0 aromatic carbocycles. The molecule has 0 atom stereocenters. The Hall–Kier alpha value is -0.640. The fraction of sp³-hybridized carbons (Fsp3) is 0.875. The van der Waals surface area contributed by atoms with Crippen LogP contribution in [0.2, 0.25) is 0 Å². The van der Waals surface area contributed by atoms with E-state index in [0.717, 1.165) is 25.3 Å². The van der Waals surface area contributed by atoms with Crippen molar-refractivity contribution < 1.29 is 4.79 Å². The lowest BCUT2D eigenvalue weighted by molar-refractivity contribution is -0.136. The first-order chi connectivity index (χ1) is 9.58. The van der Waals surface area contributed by atoms with E-state index < -0.39 is 0 Å². The fourth-order valence-electron chi connectivity index (χ4n) is 3.12. The summed E-state index contributed by atoms with van der Waals surface area (Å²) in [5.74, 6) is 1.41. The standard InChI is InChI=1S/C16H30N2OS/c1-3-5-6-13-7-9-14(10-8-13)16(19)18(4-2)12-11-15(17)20/h13-14H,3-12H2,1-2H3,(H2,17,20). The first-order valence-electron chi connectivity index (χ1n) is 8.15. The van der Waals surface area contributed by atoms with E-state index in [2.05, 4.69) is 6.92 Å². The van der Waals surface area contributed by atoms with E-state index in [-0.39, 0.29) is 5.92 Å². The molecule has 0 saturated heterocycles. The highest BCUT2D eigenvalue weighted by molar-refractivity contribution is 7.80. The highest BCUT2D eigenvalue weighted by Gasteiger charge is 2.28. The van der Waals surface area contributed by atoms with Gasteiger partial charge in [0.25, 0.3) is 0 Å². The van der Waals surface area contributed by atoms with Gasteiger partial charge in [-0.2, -0.15) is 0 Å². The van der Waals surface area contributed by atoms with Gasteiger partial charge in [0.15, 0.2) is 0 Å². The van der Waals surface area contributed by atoms with Crippen LogP contribution in [0.15, 0.2) is 0 Å². The van der Waals surface area contributed by atoms with Crippen LogP contribution < -0.4 is 5.73 Å². The number of carbonyl (C=O) groups excluding carboxylic acids is 1. The molecule has 0 aromatic rings. The fourth-order valence-corrected chi connectivity index (χ4v) is 3.21. The Morgan fingerprint density at radius 3 is 2.40 bits per heavy atom. The zero-order chi connectivity index (χ0) is 15.0. The van der Waals surface area contributed by atoms with Gasteiger partial charge in [0.2, 0.25) is 5.91 Å². The van der Waals surface area contributed by atoms with Gasteiger partial charge in [0.05, 0.1) is 4.99 Å². The molecule has 0 spiro atoms. The highest BCUT2D eigenvalue weighted by Crippen LogP contribution is 2.32. The van der Waals surface area contributed by atoms with Crippen molar-refractivity contribution in [2.45, 2.75) is 65.2 Å². The van der Waals surface area contributed by atoms with Gasteiger partial charge in [-0.3, -0.25) is 4.79 Å². The Balaban J connectivity index is 2.38. The van der Waals surface area contributed by atoms with Crippen LogP contribution in [-0.4, -0.2) is 28.9 Å². The number of amides is 1. The van der Waals surface area contributed by atoms with Crippen LogP contribution in [0.3, 0.4) is 0 Å². The first-order valence-corrected chi connectivity index (χ1v) is 8.56. The van der Waals surface area contributed by atoms with E-state index in [4.69, 9.17) is 18.0 Å². The summed E-state index contributed by atoms with van der Waals surface area (Å²) < 4.78 is 0. The van der Waals surface area contributed by atoms with Crippen molar-refractivity contribution in [1.29, 1.82) is 0 Å². The molecule has 3 nitrogen and oxygen atoms in total. The van der Waals surface area contributed by atoms with Crippen LogP contribution in [0.25, 0.3) is 0 Å². The maximum atomic E-state index is 12.5. The van der Waals surface area contributed by atoms with Gasteiger partial charge >= 0.3 is 0 Å². The lowest BCUT2D eigenvalue weighted by Crippen LogP contribution is -2.39. The second-order valence-corrected chi connectivity index (χ2v) is 6.52. The molecule has 20 heavy (non-hydrogen) atoms. The van der Waals surface area contributed by atoms with Crippen molar-refractivity contribution in [2.75, 3.05) is 13.1 Å². The Labute approximate surface area is 129 Å². The zero-order valence-electron chi connectivity index (χ0n) is 13.1. The summed E-state index contributed by atoms with van der Waals surface area (Å²) >= 11 is 4.90. The van der Waals surface area contributed by atoms with Gasteiger partial charge in [-0.1, -0.05) is 38.4 Å². The third kappa shape index (κ3) is 5.78. The van der Waals surface area contributed by atoms with Crippen molar-refractivity contribution in [2.24, 2.45) is 17.6 Å². The lowest BCUT2D eigenvalue weighted by atomic mass is 9.79. The number of carbonyl (C=O) groups is 1. The molecule has 1 amide bonds. The van der Waals surface area contributed by atoms with Crippen LogP contribution in [0.4, 0.5) is 0 Å². The van der Waals surface area contributed by atoms with Gasteiger partial charge < -0.3 is 10.6 Å². The molecule has 2 N–H and O–H groups in total. The van der Waals surface area contributed by atoms with Crippen LogP contribution >= 0.6 is 12.2 Å². The zero-order valence-corrected chi connectivity index (χ0v) is 13.9. The second-order valence-electron chi connectivity index (χ2n) is 5.99. The summed E-state index contributed by atoms with van der Waals surface area (Å²) in [5, 5.41) is 0. The van der Waals surface area contributed by atoms with E-state index in [1.165, 1.54) is 32.1 Å². The summed E-state index contributed by atoms with van der Waals surface area (Å²) in [4.78, 5) is 14.9. The van der Waals surface area contributed by atoms with Crippen molar-refractivity contribution in [3.05, 3.63) is 0 Å². The van der Waals surface area contributed by atoms with Crippen molar-refractivity contribution in [3.8, 4) is 0 Å². The van der Waals surface area contributed by atoms with E-state index >= 15 is 0 Å². The van der Waals surface area contributed by atoms with Gasteiger partial charge in [-0.25, -0.2) is 0 Å². The molecule has 1 rings (SSSR count). The van der Waals surface area contributed by atoms with E-state index in [1.807, 2.05) is 11.8 Å². The maximum Gasteiger partial charge on any atom is 0.225 e. The summed E-state index contributed by atoms with van der Waals surface area (Å²) in [5.41, 5.74) is 5.53. The number of hydrogen-bond acceptors (Lipinski definition) is 2. The largest absolute Gasteiger partial charge is 0.393 e. The molecule has 0 bridgehead atoms. The molecule has 4 heteroatoms. The number of nitrogens with zero attached hydrogens (tertiary/aromatic N) is 1. The minimum Gasteiger partial charge on any atom is -0.393 e. The molecule has 1 saturated carbocycles. The normalized spacial score (nSPS) is 22.5. The summed E-state index contributed by atoms with van der Waals surface area (Å²) in [6.07, 6.45) is 9.18. The van der Waals surface area contributed by atoms with Crippen LogP contribution in [-0.2, 0) is 4.79 Å². The molecule has 0 aromatic heterocycles. The van der Waals surface area contributed by atoms with Crippen molar-refractivity contribution >= 4 is 23.1 Å². The predicted molar refractivity (Wildman–Crippen MR) is 88.6 cm³/mol. The molecular formula is C16H30N2OS. The smallest absolute Gasteiger partial charge is 0.225 e. The maximum absolute atomic E-state index is 12.5. The van der Waals surface area contributed by atoms with Gasteiger partial charge in [0, 0.05) is 25.4 Å². The minimum absolute atomic E-state index is 0.235. The number of unbranched alkanes of at least 4 members (excludes halogenated alkanes) is 1. The minimum atomic E-state index is 0.235. The summed E-state index contributed by atoms with van der Waals surface area (Å²) in [6.45, 7) is 5.72. The molecule has 116 valence electrons. The van der Waals surface area contributed by atoms with Crippen LogP contribution in [0, 0.1) is 11.8 Å². The Bertz CT molecular complexity index is 312. The molecule has 0 aliphatic heterocycles. The molecule has 0 radical (unpaired) electrons. The topological polar surface area (TPSA) is 46.3 Å². The van der Waals surface area contributed by atoms with Crippen LogP contribution in [0.5, 0.6) is 0 Å². The third-order valence-corrected chi connectivity index (χ3v) is 4.69. The molecular weight excluding hydrogens is 268 g/mol. The van der Waals surface area contributed by atoms with Gasteiger partial charge in [-0.15, -0.1) is 0 Å². The quantitative estimate of drug-likeness (QED) is 0.698. The van der Waals surface area contributed by atoms with Crippen molar-refractivity contribution in [3.63, 3.8) is 0 Å². The van der Waals surface area contributed by atoms with Crippen LogP contribution in [0.1, 0.15) is 65.2 Å². The number of hydrogen-bond donors (Lipinski definition) is 1. The molecule has 1 fully saturated rings. The summed E-state index contributed by atoms with van der Waals surface area (Å²) in [7, 11) is 0. The first kappa shape index (κ1) is 17.4. The number of rotatable bonds is 8. The number of thiocarbonyl (C=S) groups is 1.